The molecule has 0 radical (unpaired) electrons. The molecule has 3 aromatic rings. The van der Waals surface area contributed by atoms with Crippen molar-refractivity contribution >= 4 is 33.2 Å². The number of hydrogen-bond acceptors (Lipinski definition) is 6. The summed E-state index contributed by atoms with van der Waals surface area (Å²) in [6, 6.07) is 13.5. The standard InChI is InChI=1S/C22H22N4O4S2/c1-15-4-6-17(7-5-15)22-23-19(14-31-22)21(28)25-24-20(27)16-8-10-18(11-9-16)32(29,30)26-12-2-3-13-26/h4-11,14H,2-3,12-13H2,1H3,(H,24,27)(H,25,28). The van der Waals surface area contributed by atoms with Gasteiger partial charge in [-0.25, -0.2) is 13.4 Å². The average molecular weight is 471 g/mol. The van der Waals surface area contributed by atoms with Crippen LogP contribution >= 0.6 is 11.3 Å². The Morgan fingerprint density at radius 1 is 0.938 bits per heavy atom. The number of hydrazine groups is 1. The Hall–Kier alpha value is -3.08. The van der Waals surface area contributed by atoms with E-state index in [0.29, 0.717) is 18.1 Å². The first-order valence-corrected chi connectivity index (χ1v) is 12.4. The molecule has 8 nitrogen and oxygen atoms in total. The highest BCUT2D eigenvalue weighted by Gasteiger charge is 2.27. The summed E-state index contributed by atoms with van der Waals surface area (Å²) in [7, 11) is -3.54. The third-order valence-electron chi connectivity index (χ3n) is 5.14. The van der Waals surface area contributed by atoms with Crippen molar-refractivity contribution in [1.82, 2.24) is 20.1 Å². The van der Waals surface area contributed by atoms with E-state index >= 15 is 0 Å². The van der Waals surface area contributed by atoms with Crippen molar-refractivity contribution in [3.63, 3.8) is 0 Å². The lowest BCUT2D eigenvalue weighted by Crippen LogP contribution is -2.41. The van der Waals surface area contributed by atoms with Gasteiger partial charge < -0.3 is 0 Å². The third kappa shape index (κ3) is 4.72. The summed E-state index contributed by atoms with van der Waals surface area (Å²) >= 11 is 1.34. The highest BCUT2D eigenvalue weighted by molar-refractivity contribution is 7.89. The van der Waals surface area contributed by atoms with Crippen molar-refractivity contribution in [2.45, 2.75) is 24.7 Å². The van der Waals surface area contributed by atoms with Crippen LogP contribution < -0.4 is 10.9 Å². The number of benzene rings is 2. The van der Waals surface area contributed by atoms with Gasteiger partial charge in [0, 0.05) is 29.6 Å². The topological polar surface area (TPSA) is 108 Å². The first-order chi connectivity index (χ1) is 15.3. The monoisotopic (exact) mass is 470 g/mol. The fraction of sp³-hybridized carbons (Fsp3) is 0.227. The third-order valence-corrected chi connectivity index (χ3v) is 7.95. The predicted octanol–water partition coefficient (Wildman–Crippen LogP) is 2.98. The summed E-state index contributed by atoms with van der Waals surface area (Å²) in [6.45, 7) is 3.02. The second kappa shape index (κ2) is 9.19. The molecule has 32 heavy (non-hydrogen) atoms. The van der Waals surface area contributed by atoms with Crippen molar-refractivity contribution < 1.29 is 18.0 Å². The molecule has 2 heterocycles. The average Bonchev–Trinajstić information content (AvgIpc) is 3.51. The van der Waals surface area contributed by atoms with E-state index in [9.17, 15) is 18.0 Å². The van der Waals surface area contributed by atoms with Gasteiger partial charge in [-0.3, -0.25) is 20.4 Å². The smallest absolute Gasteiger partial charge is 0.267 e. The predicted molar refractivity (Wildman–Crippen MR) is 122 cm³/mol. The number of aryl methyl sites for hydroxylation is 1. The number of nitrogens with one attached hydrogen (secondary N) is 2. The fourth-order valence-electron chi connectivity index (χ4n) is 3.31. The molecule has 1 aromatic heterocycles. The van der Waals surface area contributed by atoms with Gasteiger partial charge in [0.1, 0.15) is 10.7 Å². The zero-order valence-electron chi connectivity index (χ0n) is 17.4. The largest absolute Gasteiger partial charge is 0.289 e. The molecule has 0 saturated carbocycles. The highest BCUT2D eigenvalue weighted by Crippen LogP contribution is 2.24. The Bertz CT molecular complexity index is 1230. The van der Waals surface area contributed by atoms with Crippen LogP contribution in [0.4, 0.5) is 0 Å². The van der Waals surface area contributed by atoms with Crippen LogP contribution in [-0.4, -0.2) is 42.6 Å². The van der Waals surface area contributed by atoms with E-state index in [2.05, 4.69) is 15.8 Å². The van der Waals surface area contributed by atoms with Gasteiger partial charge >= 0.3 is 0 Å². The van der Waals surface area contributed by atoms with Gasteiger partial charge in [-0.05, 0) is 44.0 Å². The van der Waals surface area contributed by atoms with Crippen LogP contribution in [0.2, 0.25) is 0 Å². The Morgan fingerprint density at radius 3 is 2.22 bits per heavy atom. The number of nitrogens with zero attached hydrogens (tertiary/aromatic N) is 2. The first-order valence-electron chi connectivity index (χ1n) is 10.1. The molecular formula is C22H22N4O4S2. The van der Waals surface area contributed by atoms with Gasteiger partial charge in [0.25, 0.3) is 11.8 Å². The number of rotatable bonds is 5. The normalized spacial score (nSPS) is 14.3. The van der Waals surface area contributed by atoms with Crippen LogP contribution in [0.3, 0.4) is 0 Å². The first kappa shape index (κ1) is 22.1. The molecule has 166 valence electrons. The van der Waals surface area contributed by atoms with Crippen LogP contribution in [0.25, 0.3) is 10.6 Å². The summed E-state index contributed by atoms with van der Waals surface area (Å²) in [6.07, 6.45) is 1.70. The lowest BCUT2D eigenvalue weighted by molar-refractivity contribution is 0.0844. The van der Waals surface area contributed by atoms with Crippen molar-refractivity contribution in [1.29, 1.82) is 0 Å². The zero-order valence-corrected chi connectivity index (χ0v) is 19.0. The molecular weight excluding hydrogens is 448 g/mol. The molecule has 1 aliphatic heterocycles. The van der Waals surface area contributed by atoms with E-state index in [1.54, 1.807) is 5.38 Å². The second-order valence-electron chi connectivity index (χ2n) is 7.45. The van der Waals surface area contributed by atoms with Gasteiger partial charge in [-0.1, -0.05) is 29.8 Å². The summed E-state index contributed by atoms with van der Waals surface area (Å²) in [5.74, 6) is -1.10. The summed E-state index contributed by atoms with van der Waals surface area (Å²) in [4.78, 5) is 29.2. The summed E-state index contributed by atoms with van der Waals surface area (Å²) in [5.41, 5.74) is 7.13. The van der Waals surface area contributed by atoms with Crippen molar-refractivity contribution in [3.05, 3.63) is 70.7 Å². The Kier molecular flexibility index (Phi) is 6.35. The molecule has 0 aliphatic carbocycles. The molecule has 0 atom stereocenters. The van der Waals surface area contributed by atoms with Crippen molar-refractivity contribution in [2.75, 3.05) is 13.1 Å². The van der Waals surface area contributed by atoms with Gasteiger partial charge in [0.05, 0.1) is 4.90 Å². The molecule has 4 rings (SSSR count). The molecule has 1 aliphatic rings. The molecule has 2 amide bonds. The maximum atomic E-state index is 12.6. The molecule has 0 spiro atoms. The summed E-state index contributed by atoms with van der Waals surface area (Å²) in [5, 5.41) is 2.32. The van der Waals surface area contributed by atoms with E-state index in [1.165, 1.54) is 39.9 Å². The molecule has 1 saturated heterocycles. The Morgan fingerprint density at radius 2 is 1.56 bits per heavy atom. The lowest BCUT2D eigenvalue weighted by Gasteiger charge is -2.15. The number of carbonyl (C=O) groups excluding carboxylic acids is 2. The van der Waals surface area contributed by atoms with Crippen LogP contribution in [0, 0.1) is 6.92 Å². The van der Waals surface area contributed by atoms with Gasteiger partial charge in [-0.15, -0.1) is 11.3 Å². The number of carbonyl (C=O) groups is 2. The van der Waals surface area contributed by atoms with E-state index in [-0.39, 0.29) is 16.2 Å². The molecule has 1 fully saturated rings. The second-order valence-corrected chi connectivity index (χ2v) is 10.2. The minimum absolute atomic E-state index is 0.145. The molecule has 10 heteroatoms. The maximum Gasteiger partial charge on any atom is 0.289 e. The van der Waals surface area contributed by atoms with Gasteiger partial charge in [0.15, 0.2) is 0 Å². The Balaban J connectivity index is 1.36. The SMILES string of the molecule is Cc1ccc(-c2nc(C(=O)NNC(=O)c3ccc(S(=O)(=O)N4CCCC4)cc3)cs2)cc1. The fourth-order valence-corrected chi connectivity index (χ4v) is 5.64. The quantitative estimate of drug-likeness (QED) is 0.558. The number of sulfonamides is 1. The van der Waals surface area contributed by atoms with Gasteiger partial charge in [-0.2, -0.15) is 4.31 Å². The molecule has 0 bridgehead atoms. The van der Waals surface area contributed by atoms with Gasteiger partial charge in [0.2, 0.25) is 10.0 Å². The van der Waals surface area contributed by atoms with E-state index in [1.807, 2.05) is 31.2 Å². The number of hydrogen-bond donors (Lipinski definition) is 2. The Labute approximate surface area is 190 Å². The van der Waals surface area contributed by atoms with Crippen molar-refractivity contribution in [2.24, 2.45) is 0 Å². The van der Waals surface area contributed by atoms with Crippen molar-refractivity contribution in [3.8, 4) is 10.6 Å². The lowest BCUT2D eigenvalue weighted by atomic mass is 10.2. The van der Waals surface area contributed by atoms with E-state index in [4.69, 9.17) is 0 Å². The maximum absolute atomic E-state index is 12.6. The number of aromatic nitrogens is 1. The number of thiazole rings is 1. The van der Waals surface area contributed by atoms with Crippen LogP contribution in [0.15, 0.2) is 58.8 Å². The van der Waals surface area contributed by atoms with Crippen LogP contribution in [-0.2, 0) is 10.0 Å². The van der Waals surface area contributed by atoms with E-state index in [0.717, 1.165) is 24.0 Å². The molecule has 0 unspecified atom stereocenters. The minimum atomic E-state index is -3.54. The van der Waals surface area contributed by atoms with E-state index < -0.39 is 21.8 Å². The summed E-state index contributed by atoms with van der Waals surface area (Å²) < 4.78 is 26.6. The van der Waals surface area contributed by atoms with Crippen LogP contribution in [0.1, 0.15) is 39.3 Å². The molecule has 2 aromatic carbocycles. The molecule has 2 N–H and O–H groups in total. The number of amides is 2. The van der Waals surface area contributed by atoms with Crippen LogP contribution in [0.5, 0.6) is 0 Å². The minimum Gasteiger partial charge on any atom is -0.267 e. The highest BCUT2D eigenvalue weighted by atomic mass is 32.2. The zero-order chi connectivity index (χ0) is 22.7.